The molecule has 0 aliphatic carbocycles. The second kappa shape index (κ2) is 5.69. The van der Waals surface area contributed by atoms with Crippen LogP contribution in [0.1, 0.15) is 22.8 Å². The van der Waals surface area contributed by atoms with E-state index in [1.807, 2.05) is 30.3 Å². The molecule has 1 atom stereocenters. The molecule has 94 valence electrons. The van der Waals surface area contributed by atoms with Crippen molar-refractivity contribution in [3.8, 4) is 5.75 Å². The van der Waals surface area contributed by atoms with E-state index >= 15 is 0 Å². The lowest BCUT2D eigenvalue weighted by Gasteiger charge is -2.18. The summed E-state index contributed by atoms with van der Waals surface area (Å²) in [4.78, 5) is 0. The second-order valence-electron chi connectivity index (χ2n) is 4.57. The molecule has 2 nitrogen and oxygen atoms in total. The molecule has 2 aromatic carbocycles. The van der Waals surface area contributed by atoms with Gasteiger partial charge in [0.2, 0.25) is 0 Å². The van der Waals surface area contributed by atoms with Gasteiger partial charge >= 0.3 is 0 Å². The smallest absolute Gasteiger partial charge is 0.136 e. The molecular formula is C16H19NO. The number of rotatable bonds is 4. The highest BCUT2D eigenvalue weighted by Gasteiger charge is 2.11. The largest absolute Gasteiger partial charge is 0.484 e. The summed E-state index contributed by atoms with van der Waals surface area (Å²) in [5.41, 5.74) is 9.38. The minimum Gasteiger partial charge on any atom is -0.484 e. The number of aryl methyl sites for hydroxylation is 2. The summed E-state index contributed by atoms with van der Waals surface area (Å²) in [5, 5.41) is 0. The Balaban J connectivity index is 2.17. The Morgan fingerprint density at radius 3 is 2.33 bits per heavy atom. The van der Waals surface area contributed by atoms with Crippen LogP contribution in [0.4, 0.5) is 0 Å². The van der Waals surface area contributed by atoms with Gasteiger partial charge in [0, 0.05) is 6.54 Å². The van der Waals surface area contributed by atoms with Crippen LogP contribution >= 0.6 is 0 Å². The topological polar surface area (TPSA) is 35.2 Å². The van der Waals surface area contributed by atoms with Crippen molar-refractivity contribution in [3.63, 3.8) is 0 Å². The van der Waals surface area contributed by atoms with Gasteiger partial charge in [-0.05, 0) is 31.5 Å². The average Bonchev–Trinajstić information content (AvgIpc) is 2.38. The monoisotopic (exact) mass is 241 g/mol. The summed E-state index contributed by atoms with van der Waals surface area (Å²) in [5.74, 6) is 0.859. The molecule has 2 aromatic rings. The zero-order chi connectivity index (χ0) is 13.0. The molecule has 0 amide bonds. The Morgan fingerprint density at radius 1 is 1.00 bits per heavy atom. The molecule has 2 N–H and O–H groups in total. The van der Waals surface area contributed by atoms with Crippen LogP contribution in [0.3, 0.4) is 0 Å². The van der Waals surface area contributed by atoms with Gasteiger partial charge in [-0.2, -0.15) is 0 Å². The number of ether oxygens (including phenoxy) is 1. The number of hydrogen-bond donors (Lipinski definition) is 1. The average molecular weight is 241 g/mol. The van der Waals surface area contributed by atoms with Gasteiger partial charge in [0.25, 0.3) is 0 Å². The Kier molecular flexibility index (Phi) is 4.00. The first-order valence-corrected chi connectivity index (χ1v) is 6.19. The molecule has 2 heteroatoms. The van der Waals surface area contributed by atoms with Crippen LogP contribution in [0.5, 0.6) is 5.75 Å². The van der Waals surface area contributed by atoms with Crippen LogP contribution in [0.15, 0.2) is 48.5 Å². The fraction of sp³-hybridized carbons (Fsp3) is 0.250. The Morgan fingerprint density at radius 2 is 1.72 bits per heavy atom. The minimum absolute atomic E-state index is 0.0902. The number of hydrogen-bond acceptors (Lipinski definition) is 2. The first-order valence-electron chi connectivity index (χ1n) is 6.19. The van der Waals surface area contributed by atoms with E-state index in [0.29, 0.717) is 6.54 Å². The SMILES string of the molecule is Cc1ccc(OC(CN)c2cccc(C)c2)cc1. The lowest BCUT2D eigenvalue weighted by molar-refractivity contribution is 0.214. The first kappa shape index (κ1) is 12.7. The highest BCUT2D eigenvalue weighted by Crippen LogP contribution is 2.22. The van der Waals surface area contributed by atoms with E-state index < -0.39 is 0 Å². The fourth-order valence-corrected chi connectivity index (χ4v) is 1.90. The predicted molar refractivity (Wildman–Crippen MR) is 74.8 cm³/mol. The molecule has 0 saturated carbocycles. The van der Waals surface area contributed by atoms with Crippen molar-refractivity contribution in [3.05, 3.63) is 65.2 Å². The summed E-state index contributed by atoms with van der Waals surface area (Å²) in [6, 6.07) is 16.3. The van der Waals surface area contributed by atoms with E-state index in [2.05, 4.69) is 32.0 Å². The van der Waals surface area contributed by atoms with Crippen molar-refractivity contribution in [2.75, 3.05) is 6.54 Å². The standard InChI is InChI=1S/C16H19NO/c1-12-6-8-15(9-7-12)18-16(11-17)14-5-3-4-13(2)10-14/h3-10,16H,11,17H2,1-2H3. The van der Waals surface area contributed by atoms with Crippen molar-refractivity contribution in [1.29, 1.82) is 0 Å². The molecule has 1 unspecified atom stereocenters. The van der Waals surface area contributed by atoms with Crippen LogP contribution in [0, 0.1) is 13.8 Å². The van der Waals surface area contributed by atoms with Gasteiger partial charge in [0.15, 0.2) is 0 Å². The number of nitrogens with two attached hydrogens (primary N) is 1. The molecule has 0 spiro atoms. The summed E-state index contributed by atoms with van der Waals surface area (Å²) in [6.07, 6.45) is -0.0902. The summed E-state index contributed by atoms with van der Waals surface area (Å²) < 4.78 is 5.93. The number of benzene rings is 2. The van der Waals surface area contributed by atoms with E-state index in [0.717, 1.165) is 11.3 Å². The third-order valence-electron chi connectivity index (χ3n) is 2.93. The highest BCUT2D eigenvalue weighted by molar-refractivity contribution is 5.29. The maximum Gasteiger partial charge on any atom is 0.136 e. The quantitative estimate of drug-likeness (QED) is 0.890. The van der Waals surface area contributed by atoms with Crippen LogP contribution in [-0.4, -0.2) is 6.54 Å². The van der Waals surface area contributed by atoms with E-state index in [9.17, 15) is 0 Å². The lowest BCUT2D eigenvalue weighted by atomic mass is 10.1. The second-order valence-corrected chi connectivity index (χ2v) is 4.57. The van der Waals surface area contributed by atoms with Crippen LogP contribution in [0.2, 0.25) is 0 Å². The highest BCUT2D eigenvalue weighted by atomic mass is 16.5. The maximum atomic E-state index is 5.93. The first-order chi connectivity index (χ1) is 8.69. The molecule has 2 rings (SSSR count). The zero-order valence-corrected chi connectivity index (χ0v) is 10.9. The molecule has 0 fully saturated rings. The molecule has 0 aliphatic heterocycles. The summed E-state index contributed by atoms with van der Waals surface area (Å²) >= 11 is 0. The van der Waals surface area contributed by atoms with Crippen LogP contribution in [-0.2, 0) is 0 Å². The molecule has 0 bridgehead atoms. The lowest BCUT2D eigenvalue weighted by Crippen LogP contribution is -2.18. The van der Waals surface area contributed by atoms with Gasteiger partial charge in [-0.1, -0.05) is 47.5 Å². The summed E-state index contributed by atoms with van der Waals surface area (Å²) in [6.45, 7) is 4.60. The van der Waals surface area contributed by atoms with E-state index in [-0.39, 0.29) is 6.10 Å². The molecule has 0 saturated heterocycles. The van der Waals surface area contributed by atoms with Crippen molar-refractivity contribution in [2.24, 2.45) is 5.73 Å². The van der Waals surface area contributed by atoms with E-state index in [4.69, 9.17) is 10.5 Å². The van der Waals surface area contributed by atoms with Crippen molar-refractivity contribution in [2.45, 2.75) is 20.0 Å². The Labute approximate surface area is 108 Å². The van der Waals surface area contributed by atoms with Gasteiger partial charge in [0.1, 0.15) is 11.9 Å². The molecular weight excluding hydrogens is 222 g/mol. The van der Waals surface area contributed by atoms with Crippen molar-refractivity contribution in [1.82, 2.24) is 0 Å². The normalized spacial score (nSPS) is 12.2. The van der Waals surface area contributed by atoms with Gasteiger partial charge in [-0.15, -0.1) is 0 Å². The van der Waals surface area contributed by atoms with Crippen molar-refractivity contribution >= 4 is 0 Å². The van der Waals surface area contributed by atoms with Crippen LogP contribution < -0.4 is 10.5 Å². The van der Waals surface area contributed by atoms with Gasteiger partial charge < -0.3 is 10.5 Å². The summed E-state index contributed by atoms with van der Waals surface area (Å²) in [7, 11) is 0. The van der Waals surface area contributed by atoms with Gasteiger partial charge in [-0.3, -0.25) is 0 Å². The Bertz CT molecular complexity index is 505. The van der Waals surface area contributed by atoms with Crippen molar-refractivity contribution < 1.29 is 4.74 Å². The maximum absolute atomic E-state index is 5.93. The van der Waals surface area contributed by atoms with Crippen LogP contribution in [0.25, 0.3) is 0 Å². The van der Waals surface area contributed by atoms with Gasteiger partial charge in [-0.25, -0.2) is 0 Å². The van der Waals surface area contributed by atoms with E-state index in [1.54, 1.807) is 0 Å². The fourth-order valence-electron chi connectivity index (χ4n) is 1.90. The minimum atomic E-state index is -0.0902. The third-order valence-corrected chi connectivity index (χ3v) is 2.93. The predicted octanol–water partition coefficient (Wildman–Crippen LogP) is 3.38. The molecule has 0 aliphatic rings. The molecule has 0 radical (unpaired) electrons. The molecule has 18 heavy (non-hydrogen) atoms. The Hall–Kier alpha value is -1.80. The molecule has 0 heterocycles. The van der Waals surface area contributed by atoms with Gasteiger partial charge in [0.05, 0.1) is 0 Å². The van der Waals surface area contributed by atoms with E-state index in [1.165, 1.54) is 11.1 Å². The molecule has 0 aromatic heterocycles. The zero-order valence-electron chi connectivity index (χ0n) is 10.9. The third kappa shape index (κ3) is 3.11.